The maximum absolute atomic E-state index is 13.5. The fourth-order valence-corrected chi connectivity index (χ4v) is 6.69. The van der Waals surface area contributed by atoms with Crippen LogP contribution in [-0.2, 0) is 19.8 Å². The van der Waals surface area contributed by atoms with Crippen molar-refractivity contribution < 1.29 is 14.4 Å². The second-order valence-corrected chi connectivity index (χ2v) is 11.1. The molecule has 2 aromatic rings. The molecule has 0 bridgehead atoms. The summed E-state index contributed by atoms with van der Waals surface area (Å²) in [6, 6.07) is 18.4. The minimum Gasteiger partial charge on any atom is -0.343 e. The summed E-state index contributed by atoms with van der Waals surface area (Å²) in [4.78, 5) is 45.2. The number of rotatable bonds is 5. The van der Waals surface area contributed by atoms with E-state index in [9.17, 15) is 14.4 Å². The molecule has 5 rings (SSSR count). The summed E-state index contributed by atoms with van der Waals surface area (Å²) in [7, 11) is 1.53. The van der Waals surface area contributed by atoms with Crippen molar-refractivity contribution in [1.82, 2.24) is 14.7 Å². The van der Waals surface area contributed by atoms with Gasteiger partial charge in [0, 0.05) is 63.6 Å². The Labute approximate surface area is 211 Å². The van der Waals surface area contributed by atoms with Crippen molar-refractivity contribution in [1.29, 1.82) is 0 Å². The molecule has 6 nitrogen and oxygen atoms in total. The van der Waals surface area contributed by atoms with Gasteiger partial charge in [-0.1, -0.05) is 54.6 Å². The highest BCUT2D eigenvalue weighted by atomic mass is 32.2. The zero-order valence-corrected chi connectivity index (χ0v) is 21.1. The van der Waals surface area contributed by atoms with E-state index in [4.69, 9.17) is 0 Å². The molecule has 0 saturated carbocycles. The van der Waals surface area contributed by atoms with E-state index < -0.39 is 5.41 Å². The van der Waals surface area contributed by atoms with Gasteiger partial charge in [0.15, 0.2) is 0 Å². The molecule has 3 saturated heterocycles. The van der Waals surface area contributed by atoms with Gasteiger partial charge in [0.1, 0.15) is 0 Å². The van der Waals surface area contributed by atoms with E-state index in [0.717, 1.165) is 42.6 Å². The first kappa shape index (κ1) is 24.1. The largest absolute Gasteiger partial charge is 0.343 e. The van der Waals surface area contributed by atoms with Gasteiger partial charge in [0.25, 0.3) is 0 Å². The molecule has 3 fully saturated rings. The fraction of sp³-hybridized carbons (Fsp3) is 0.464. The second-order valence-electron chi connectivity index (χ2n) is 9.90. The van der Waals surface area contributed by atoms with Crippen LogP contribution in [0.5, 0.6) is 0 Å². The first-order valence-electron chi connectivity index (χ1n) is 12.5. The van der Waals surface area contributed by atoms with E-state index in [1.807, 2.05) is 71.3 Å². The summed E-state index contributed by atoms with van der Waals surface area (Å²) >= 11 is 2.01. The third kappa shape index (κ3) is 4.76. The van der Waals surface area contributed by atoms with Crippen molar-refractivity contribution in [3.8, 4) is 11.1 Å². The van der Waals surface area contributed by atoms with Crippen molar-refractivity contribution in [2.45, 2.75) is 37.1 Å². The Morgan fingerprint density at radius 3 is 2.14 bits per heavy atom. The molecule has 3 heterocycles. The number of nitrogens with zero attached hydrogens (tertiary/aromatic N) is 3. The molecule has 2 aromatic carbocycles. The van der Waals surface area contributed by atoms with Gasteiger partial charge < -0.3 is 4.90 Å². The van der Waals surface area contributed by atoms with Crippen LogP contribution in [0.25, 0.3) is 11.1 Å². The lowest BCUT2D eigenvalue weighted by Gasteiger charge is -2.40. The van der Waals surface area contributed by atoms with Crippen LogP contribution in [0.15, 0.2) is 54.6 Å². The lowest BCUT2D eigenvalue weighted by atomic mass is 9.75. The van der Waals surface area contributed by atoms with Gasteiger partial charge in [-0.15, -0.1) is 0 Å². The van der Waals surface area contributed by atoms with Crippen LogP contribution < -0.4 is 0 Å². The monoisotopic (exact) mass is 491 g/mol. The standard InChI is InChI=1S/C28H33N3O3S/c1-29-25(32)19-28(27(29)34,23-9-7-22(8-10-23)21-5-3-2-4-6-21)20-26(33)31-13-11-24(12-14-31)30-15-17-35-18-16-30/h2-10,24H,11-20H2,1H3/t28-/m0/s1. The van der Waals surface area contributed by atoms with Crippen LogP contribution in [0.4, 0.5) is 0 Å². The number of carbonyl (C=O) groups excluding carboxylic acids is 3. The van der Waals surface area contributed by atoms with Crippen LogP contribution >= 0.6 is 11.8 Å². The number of likely N-dealkylation sites (tertiary alicyclic amines) is 2. The van der Waals surface area contributed by atoms with Gasteiger partial charge >= 0.3 is 0 Å². The number of carbonyl (C=O) groups is 3. The Balaban J connectivity index is 1.33. The predicted octanol–water partition coefficient (Wildman–Crippen LogP) is 3.41. The zero-order chi connectivity index (χ0) is 24.4. The number of hydrogen-bond donors (Lipinski definition) is 0. The number of piperidine rings is 1. The quantitative estimate of drug-likeness (QED) is 0.600. The maximum atomic E-state index is 13.5. The van der Waals surface area contributed by atoms with Crippen molar-refractivity contribution in [3.05, 3.63) is 60.2 Å². The molecule has 184 valence electrons. The molecule has 0 radical (unpaired) electrons. The Hall–Kier alpha value is -2.64. The second kappa shape index (κ2) is 10.2. The van der Waals surface area contributed by atoms with E-state index in [0.29, 0.717) is 19.1 Å². The highest BCUT2D eigenvalue weighted by Gasteiger charge is 2.53. The predicted molar refractivity (Wildman–Crippen MR) is 139 cm³/mol. The first-order valence-corrected chi connectivity index (χ1v) is 13.7. The normalized spacial score (nSPS) is 24.3. The van der Waals surface area contributed by atoms with Gasteiger partial charge in [0.2, 0.25) is 17.7 Å². The smallest absolute Gasteiger partial charge is 0.240 e. The molecular weight excluding hydrogens is 458 g/mol. The van der Waals surface area contributed by atoms with Gasteiger partial charge in [-0.3, -0.25) is 24.2 Å². The number of amides is 3. The van der Waals surface area contributed by atoms with E-state index in [1.165, 1.54) is 23.5 Å². The van der Waals surface area contributed by atoms with Gasteiger partial charge in [-0.05, 0) is 29.5 Å². The Morgan fingerprint density at radius 1 is 0.914 bits per heavy atom. The average Bonchev–Trinajstić information content (AvgIpc) is 3.13. The summed E-state index contributed by atoms with van der Waals surface area (Å²) in [5.74, 6) is 1.85. The Morgan fingerprint density at radius 2 is 1.54 bits per heavy atom. The fourth-order valence-electron chi connectivity index (χ4n) is 5.76. The molecule has 1 atom stereocenters. The SMILES string of the molecule is CN1C(=O)C[C@](CC(=O)N2CCC(N3CCSCC3)CC2)(c2ccc(-c3ccccc3)cc2)C1=O. The number of likely N-dealkylation sites (N-methyl/N-ethyl adjacent to an activating group) is 1. The molecule has 7 heteroatoms. The third-order valence-corrected chi connectivity index (χ3v) is 8.86. The van der Waals surface area contributed by atoms with Gasteiger partial charge in [-0.25, -0.2) is 0 Å². The number of imide groups is 1. The number of hydrogen-bond acceptors (Lipinski definition) is 5. The summed E-state index contributed by atoms with van der Waals surface area (Å²) in [6.07, 6.45) is 2.03. The lowest BCUT2D eigenvalue weighted by Crippen LogP contribution is -2.50. The van der Waals surface area contributed by atoms with Crippen molar-refractivity contribution >= 4 is 29.5 Å². The molecule has 3 aliphatic heterocycles. The summed E-state index contributed by atoms with van der Waals surface area (Å²) < 4.78 is 0. The van der Waals surface area contributed by atoms with Crippen molar-refractivity contribution in [2.24, 2.45) is 0 Å². The Kier molecular flexibility index (Phi) is 6.98. The van der Waals surface area contributed by atoms with Crippen LogP contribution in [0.2, 0.25) is 0 Å². The topological polar surface area (TPSA) is 60.9 Å². The number of thioether (sulfide) groups is 1. The number of benzene rings is 2. The molecular formula is C28H33N3O3S. The maximum Gasteiger partial charge on any atom is 0.240 e. The lowest BCUT2D eigenvalue weighted by molar-refractivity contribution is -0.142. The molecule has 0 unspecified atom stereocenters. The molecule has 0 spiro atoms. The Bertz CT molecular complexity index is 1080. The highest BCUT2D eigenvalue weighted by molar-refractivity contribution is 7.99. The summed E-state index contributed by atoms with van der Waals surface area (Å²) in [5.41, 5.74) is 1.75. The van der Waals surface area contributed by atoms with Crippen LogP contribution in [-0.4, -0.2) is 83.2 Å². The van der Waals surface area contributed by atoms with Crippen LogP contribution in [0.3, 0.4) is 0 Å². The van der Waals surface area contributed by atoms with Crippen LogP contribution in [0.1, 0.15) is 31.2 Å². The minimum atomic E-state index is -1.13. The van der Waals surface area contributed by atoms with E-state index >= 15 is 0 Å². The summed E-state index contributed by atoms with van der Waals surface area (Å²) in [6.45, 7) is 3.70. The van der Waals surface area contributed by atoms with Gasteiger partial charge in [-0.2, -0.15) is 11.8 Å². The minimum absolute atomic E-state index is 0.0266. The highest BCUT2D eigenvalue weighted by Crippen LogP contribution is 2.40. The molecule has 0 aliphatic carbocycles. The van der Waals surface area contributed by atoms with E-state index in [1.54, 1.807) is 0 Å². The molecule has 3 amide bonds. The molecule has 0 aromatic heterocycles. The molecule has 3 aliphatic rings. The van der Waals surface area contributed by atoms with Crippen molar-refractivity contribution in [2.75, 3.05) is 44.7 Å². The zero-order valence-electron chi connectivity index (χ0n) is 20.3. The van der Waals surface area contributed by atoms with E-state index in [2.05, 4.69) is 4.90 Å². The third-order valence-electron chi connectivity index (χ3n) is 7.92. The van der Waals surface area contributed by atoms with E-state index in [-0.39, 0.29) is 30.6 Å². The van der Waals surface area contributed by atoms with Crippen molar-refractivity contribution in [3.63, 3.8) is 0 Å². The summed E-state index contributed by atoms with van der Waals surface area (Å²) in [5, 5.41) is 0. The molecule has 0 N–H and O–H groups in total. The molecule has 35 heavy (non-hydrogen) atoms. The average molecular weight is 492 g/mol. The first-order chi connectivity index (χ1) is 17.0. The van der Waals surface area contributed by atoms with Crippen LogP contribution in [0, 0.1) is 0 Å². The van der Waals surface area contributed by atoms with Gasteiger partial charge in [0.05, 0.1) is 5.41 Å².